The molecular weight excluding hydrogens is 408 g/mol. The maximum atomic E-state index is 13.4. The molecule has 0 aliphatic carbocycles. The SMILES string of the molecule is COc1ccc(N2C(=O)C(O)=C(C(=O)c3sc(C)nc3C)C2c2cccs2)cc1. The molecule has 0 spiro atoms. The molecule has 0 saturated heterocycles. The largest absolute Gasteiger partial charge is 0.503 e. The Bertz CT molecular complexity index is 1110. The zero-order chi connectivity index (χ0) is 20.7. The lowest BCUT2D eigenvalue weighted by Crippen LogP contribution is -2.30. The van der Waals surface area contributed by atoms with Gasteiger partial charge in [-0.25, -0.2) is 4.98 Å². The number of aryl methyl sites for hydroxylation is 2. The van der Waals surface area contributed by atoms with Crippen molar-refractivity contribution in [3.8, 4) is 5.75 Å². The molecule has 1 aliphatic rings. The van der Waals surface area contributed by atoms with Crippen LogP contribution < -0.4 is 9.64 Å². The Kier molecular flexibility index (Phi) is 4.97. The molecule has 3 aromatic rings. The van der Waals surface area contributed by atoms with Crippen LogP contribution in [-0.2, 0) is 4.79 Å². The average Bonchev–Trinajstić information content (AvgIpc) is 3.41. The molecule has 6 nitrogen and oxygen atoms in total. The van der Waals surface area contributed by atoms with Crippen LogP contribution in [0, 0.1) is 13.8 Å². The summed E-state index contributed by atoms with van der Waals surface area (Å²) >= 11 is 2.69. The van der Waals surface area contributed by atoms with Gasteiger partial charge < -0.3 is 9.84 Å². The predicted octanol–water partition coefficient (Wildman–Crippen LogP) is 4.61. The Balaban J connectivity index is 1.84. The predicted molar refractivity (Wildman–Crippen MR) is 113 cm³/mol. The van der Waals surface area contributed by atoms with Gasteiger partial charge in [0.2, 0.25) is 5.78 Å². The third-order valence-electron chi connectivity index (χ3n) is 4.73. The summed E-state index contributed by atoms with van der Waals surface area (Å²) in [6.45, 7) is 3.58. The molecular formula is C21H18N2O4S2. The van der Waals surface area contributed by atoms with Crippen LogP contribution in [0.5, 0.6) is 5.75 Å². The second kappa shape index (κ2) is 7.46. The van der Waals surface area contributed by atoms with E-state index in [0.717, 1.165) is 9.88 Å². The molecule has 8 heteroatoms. The normalized spacial score (nSPS) is 16.6. The fraction of sp³-hybridized carbons (Fsp3) is 0.190. The Labute approximate surface area is 175 Å². The van der Waals surface area contributed by atoms with Crippen molar-refractivity contribution < 1.29 is 19.4 Å². The maximum Gasteiger partial charge on any atom is 0.294 e. The fourth-order valence-corrected chi connectivity index (χ4v) is 5.12. The van der Waals surface area contributed by atoms with Crippen molar-refractivity contribution in [3.05, 3.63) is 73.6 Å². The minimum atomic E-state index is -0.704. The van der Waals surface area contributed by atoms with Crippen molar-refractivity contribution in [1.29, 1.82) is 0 Å². The number of Topliss-reactive ketones (excluding diaryl/α,β-unsaturated/α-hetero) is 1. The molecule has 1 amide bonds. The van der Waals surface area contributed by atoms with E-state index in [-0.39, 0.29) is 11.4 Å². The Hall–Kier alpha value is -2.97. The number of nitrogens with zero attached hydrogens (tertiary/aromatic N) is 2. The number of methoxy groups -OCH3 is 1. The molecule has 29 heavy (non-hydrogen) atoms. The first-order valence-electron chi connectivity index (χ1n) is 8.85. The van der Waals surface area contributed by atoms with E-state index in [1.165, 1.54) is 27.6 Å². The Morgan fingerprint density at radius 1 is 1.21 bits per heavy atom. The van der Waals surface area contributed by atoms with Gasteiger partial charge >= 0.3 is 0 Å². The molecule has 1 unspecified atom stereocenters. The third kappa shape index (κ3) is 3.24. The lowest BCUT2D eigenvalue weighted by Gasteiger charge is -2.25. The molecule has 0 radical (unpaired) electrons. The van der Waals surface area contributed by atoms with E-state index >= 15 is 0 Å². The average molecular weight is 427 g/mol. The summed E-state index contributed by atoms with van der Waals surface area (Å²) in [5.74, 6) is -0.837. The second-order valence-electron chi connectivity index (χ2n) is 6.53. The highest BCUT2D eigenvalue weighted by molar-refractivity contribution is 7.14. The number of hydrogen-bond acceptors (Lipinski definition) is 7. The van der Waals surface area contributed by atoms with Gasteiger partial charge in [-0.15, -0.1) is 22.7 Å². The first kappa shape index (κ1) is 19.4. The van der Waals surface area contributed by atoms with E-state index in [1.54, 1.807) is 38.3 Å². The minimum absolute atomic E-state index is 0.0834. The molecule has 4 rings (SSSR count). The third-order valence-corrected chi connectivity index (χ3v) is 6.72. The first-order valence-corrected chi connectivity index (χ1v) is 10.5. The quantitative estimate of drug-likeness (QED) is 0.603. The smallest absolute Gasteiger partial charge is 0.294 e. The molecule has 0 fully saturated rings. The van der Waals surface area contributed by atoms with Gasteiger partial charge in [0.25, 0.3) is 5.91 Å². The number of aromatic nitrogens is 1. The number of hydrogen-bond donors (Lipinski definition) is 1. The number of ether oxygens (including phenoxy) is 1. The number of carbonyl (C=O) groups is 2. The highest BCUT2D eigenvalue weighted by Gasteiger charge is 2.45. The topological polar surface area (TPSA) is 79.7 Å². The summed E-state index contributed by atoms with van der Waals surface area (Å²) in [6.07, 6.45) is 0. The van der Waals surface area contributed by atoms with Crippen LogP contribution >= 0.6 is 22.7 Å². The highest BCUT2D eigenvalue weighted by atomic mass is 32.1. The number of rotatable bonds is 5. The van der Waals surface area contributed by atoms with Crippen molar-refractivity contribution in [2.24, 2.45) is 0 Å². The van der Waals surface area contributed by atoms with E-state index in [2.05, 4.69) is 4.98 Å². The van der Waals surface area contributed by atoms with Gasteiger partial charge in [0.15, 0.2) is 5.76 Å². The number of ketones is 1. The number of aliphatic hydroxyl groups excluding tert-OH is 1. The molecule has 0 saturated carbocycles. The van der Waals surface area contributed by atoms with E-state index in [1.807, 2.05) is 24.4 Å². The molecule has 1 atom stereocenters. The van der Waals surface area contributed by atoms with Gasteiger partial charge in [-0.2, -0.15) is 0 Å². The van der Waals surface area contributed by atoms with Gasteiger partial charge in [-0.3, -0.25) is 14.5 Å². The monoisotopic (exact) mass is 426 g/mol. The van der Waals surface area contributed by atoms with Gasteiger partial charge in [0, 0.05) is 10.6 Å². The molecule has 1 N–H and O–H groups in total. The van der Waals surface area contributed by atoms with Crippen molar-refractivity contribution >= 4 is 40.1 Å². The number of benzene rings is 1. The zero-order valence-electron chi connectivity index (χ0n) is 16.0. The Morgan fingerprint density at radius 2 is 1.93 bits per heavy atom. The van der Waals surface area contributed by atoms with Crippen molar-refractivity contribution in [1.82, 2.24) is 4.98 Å². The zero-order valence-corrected chi connectivity index (χ0v) is 17.6. The van der Waals surface area contributed by atoms with Crippen LogP contribution in [0.3, 0.4) is 0 Å². The molecule has 3 heterocycles. The number of anilines is 1. The van der Waals surface area contributed by atoms with Gasteiger partial charge in [-0.1, -0.05) is 6.07 Å². The van der Waals surface area contributed by atoms with Gasteiger partial charge in [0.05, 0.1) is 28.3 Å². The lowest BCUT2D eigenvalue weighted by atomic mass is 10.00. The van der Waals surface area contributed by atoms with Crippen LogP contribution in [-0.4, -0.2) is 28.9 Å². The molecule has 1 aromatic carbocycles. The van der Waals surface area contributed by atoms with Crippen molar-refractivity contribution in [2.75, 3.05) is 12.0 Å². The maximum absolute atomic E-state index is 13.4. The molecule has 2 aromatic heterocycles. The summed E-state index contributed by atoms with van der Waals surface area (Å²) < 4.78 is 5.19. The number of carbonyl (C=O) groups excluding carboxylic acids is 2. The van der Waals surface area contributed by atoms with E-state index < -0.39 is 17.7 Å². The summed E-state index contributed by atoms with van der Waals surface area (Å²) in [5, 5.41) is 13.4. The Morgan fingerprint density at radius 3 is 2.48 bits per heavy atom. The van der Waals surface area contributed by atoms with Crippen LogP contribution in [0.2, 0.25) is 0 Å². The van der Waals surface area contributed by atoms with Gasteiger partial charge in [-0.05, 0) is 49.6 Å². The van der Waals surface area contributed by atoms with Crippen LogP contribution in [0.25, 0.3) is 0 Å². The van der Waals surface area contributed by atoms with Gasteiger partial charge in [0.1, 0.15) is 11.8 Å². The van der Waals surface area contributed by atoms with E-state index in [0.29, 0.717) is 22.0 Å². The summed E-state index contributed by atoms with van der Waals surface area (Å²) in [7, 11) is 1.56. The summed E-state index contributed by atoms with van der Waals surface area (Å²) in [6, 6.07) is 9.96. The number of thiazole rings is 1. The number of thiophene rings is 1. The molecule has 1 aliphatic heterocycles. The van der Waals surface area contributed by atoms with E-state index in [4.69, 9.17) is 4.74 Å². The van der Waals surface area contributed by atoms with Crippen LogP contribution in [0.4, 0.5) is 5.69 Å². The number of amides is 1. The molecule has 148 valence electrons. The lowest BCUT2D eigenvalue weighted by molar-refractivity contribution is -0.117. The highest BCUT2D eigenvalue weighted by Crippen LogP contribution is 2.44. The van der Waals surface area contributed by atoms with Crippen molar-refractivity contribution in [3.63, 3.8) is 0 Å². The van der Waals surface area contributed by atoms with Crippen LogP contribution in [0.15, 0.2) is 53.1 Å². The second-order valence-corrected chi connectivity index (χ2v) is 8.71. The number of aliphatic hydroxyl groups is 1. The molecule has 0 bridgehead atoms. The standard InChI is InChI=1S/C21H18N2O4S2/c1-11-20(29-12(2)22-11)18(24)16-17(15-5-4-10-28-15)23(21(26)19(16)25)13-6-8-14(27-3)9-7-13/h4-10,17,25H,1-3H3. The first-order chi connectivity index (χ1) is 13.9. The fourth-order valence-electron chi connectivity index (χ4n) is 3.43. The summed E-state index contributed by atoms with van der Waals surface area (Å²) in [4.78, 5) is 33.4. The summed E-state index contributed by atoms with van der Waals surface area (Å²) in [5.41, 5.74) is 1.25. The van der Waals surface area contributed by atoms with E-state index in [9.17, 15) is 14.7 Å². The van der Waals surface area contributed by atoms with Crippen molar-refractivity contribution in [2.45, 2.75) is 19.9 Å². The van der Waals surface area contributed by atoms with Crippen LogP contribution in [0.1, 0.15) is 31.3 Å². The minimum Gasteiger partial charge on any atom is -0.503 e.